The number of aliphatic carboxylic acids is 1. The zero-order chi connectivity index (χ0) is 15.0. The largest absolute Gasteiger partial charge is 0.480 e. The molecule has 1 atom stereocenters. The first-order chi connectivity index (χ1) is 9.54. The van der Waals surface area contributed by atoms with E-state index in [9.17, 15) is 9.59 Å². The summed E-state index contributed by atoms with van der Waals surface area (Å²) < 4.78 is 0. The van der Waals surface area contributed by atoms with Crippen LogP contribution in [0, 0.1) is 11.3 Å². The minimum atomic E-state index is -1.11. The van der Waals surface area contributed by atoms with Crippen LogP contribution in [0.25, 0.3) is 0 Å². The molecule has 1 aromatic heterocycles. The summed E-state index contributed by atoms with van der Waals surface area (Å²) in [5.74, 6) is -1.11. The first-order valence-corrected chi connectivity index (χ1v) is 6.08. The fourth-order valence-corrected chi connectivity index (χ4v) is 1.49. The molecule has 2 amide bonds. The molecule has 1 heterocycles. The fourth-order valence-electron chi connectivity index (χ4n) is 1.49. The maximum atomic E-state index is 12.0. The van der Waals surface area contributed by atoms with Crippen LogP contribution in [-0.4, -0.2) is 39.6 Å². The summed E-state index contributed by atoms with van der Waals surface area (Å²) in [6, 6.07) is 4.01. The number of nitrogens with zero attached hydrogens (tertiary/aromatic N) is 3. The Morgan fingerprint density at radius 1 is 1.60 bits per heavy atom. The number of hydrogen-bond donors (Lipinski definition) is 2. The number of carboxylic acid groups (broad SMARTS) is 1. The van der Waals surface area contributed by atoms with E-state index in [1.807, 2.05) is 6.07 Å². The molecule has 0 aliphatic carbocycles. The van der Waals surface area contributed by atoms with Gasteiger partial charge in [0, 0.05) is 25.5 Å². The predicted octanol–water partition coefficient (Wildman–Crippen LogP) is 0.980. The van der Waals surface area contributed by atoms with Gasteiger partial charge in [-0.05, 0) is 18.6 Å². The van der Waals surface area contributed by atoms with E-state index in [1.165, 1.54) is 11.8 Å². The monoisotopic (exact) mass is 276 g/mol. The number of rotatable bonds is 6. The van der Waals surface area contributed by atoms with Crippen molar-refractivity contribution in [3.63, 3.8) is 0 Å². The van der Waals surface area contributed by atoms with Crippen molar-refractivity contribution in [2.45, 2.75) is 25.9 Å². The zero-order valence-electron chi connectivity index (χ0n) is 11.1. The Morgan fingerprint density at radius 3 is 2.90 bits per heavy atom. The summed E-state index contributed by atoms with van der Waals surface area (Å²) >= 11 is 0. The molecular weight excluding hydrogens is 260 g/mol. The van der Waals surface area contributed by atoms with Crippen LogP contribution in [0.1, 0.15) is 18.9 Å². The lowest BCUT2D eigenvalue weighted by Crippen LogP contribution is -2.46. The fraction of sp³-hybridized carbons (Fsp3) is 0.385. The highest BCUT2D eigenvalue weighted by molar-refractivity contribution is 5.82. The van der Waals surface area contributed by atoms with Crippen molar-refractivity contribution >= 4 is 12.0 Å². The minimum absolute atomic E-state index is 0.176. The molecular formula is C13H16N4O3. The van der Waals surface area contributed by atoms with Gasteiger partial charge in [-0.25, -0.2) is 4.79 Å². The second-order valence-corrected chi connectivity index (χ2v) is 4.20. The zero-order valence-corrected chi connectivity index (χ0v) is 11.1. The number of carboxylic acids is 1. The average molecular weight is 276 g/mol. The number of carbonyl (C=O) groups excluding carboxylic acids is 1. The van der Waals surface area contributed by atoms with Gasteiger partial charge in [0.15, 0.2) is 0 Å². The normalized spacial score (nSPS) is 11.2. The van der Waals surface area contributed by atoms with Crippen molar-refractivity contribution < 1.29 is 14.7 Å². The summed E-state index contributed by atoms with van der Waals surface area (Å²) in [7, 11) is 0. The van der Waals surface area contributed by atoms with Gasteiger partial charge < -0.3 is 15.3 Å². The minimum Gasteiger partial charge on any atom is -0.480 e. The Morgan fingerprint density at radius 2 is 2.35 bits per heavy atom. The van der Waals surface area contributed by atoms with Gasteiger partial charge in [0.2, 0.25) is 0 Å². The van der Waals surface area contributed by atoms with Gasteiger partial charge in [-0.1, -0.05) is 6.07 Å². The highest BCUT2D eigenvalue weighted by Gasteiger charge is 2.19. The summed E-state index contributed by atoms with van der Waals surface area (Å²) in [6.45, 7) is 1.88. The van der Waals surface area contributed by atoms with Gasteiger partial charge in [-0.3, -0.25) is 9.78 Å². The summed E-state index contributed by atoms with van der Waals surface area (Å²) in [4.78, 5) is 28.1. The molecule has 2 N–H and O–H groups in total. The third-order valence-corrected chi connectivity index (χ3v) is 2.59. The quantitative estimate of drug-likeness (QED) is 0.805. The number of urea groups is 1. The van der Waals surface area contributed by atoms with Crippen LogP contribution in [0.3, 0.4) is 0 Å². The lowest BCUT2D eigenvalue weighted by molar-refractivity contribution is -0.138. The average Bonchev–Trinajstić information content (AvgIpc) is 2.44. The number of nitrogens with one attached hydrogen (secondary N) is 1. The van der Waals surface area contributed by atoms with Crippen molar-refractivity contribution in [1.82, 2.24) is 15.2 Å². The Labute approximate surface area is 116 Å². The molecule has 0 fully saturated rings. The molecule has 0 spiro atoms. The topological polar surface area (TPSA) is 106 Å². The van der Waals surface area contributed by atoms with Crippen LogP contribution in [0.2, 0.25) is 0 Å². The molecule has 7 heteroatoms. The van der Waals surface area contributed by atoms with Crippen molar-refractivity contribution in [1.29, 1.82) is 5.26 Å². The SMILES string of the molecule is C[C@H](NC(=O)N(CCC#N)Cc1cccnc1)C(=O)O. The molecule has 7 nitrogen and oxygen atoms in total. The van der Waals surface area contributed by atoms with E-state index in [-0.39, 0.29) is 19.5 Å². The van der Waals surface area contributed by atoms with Crippen LogP contribution in [-0.2, 0) is 11.3 Å². The predicted molar refractivity (Wildman–Crippen MR) is 70.5 cm³/mol. The van der Waals surface area contributed by atoms with Crippen molar-refractivity contribution in [2.75, 3.05) is 6.54 Å². The molecule has 20 heavy (non-hydrogen) atoms. The first-order valence-electron chi connectivity index (χ1n) is 6.08. The maximum Gasteiger partial charge on any atom is 0.325 e. The van der Waals surface area contributed by atoms with E-state index in [0.717, 1.165) is 5.56 Å². The van der Waals surface area contributed by atoms with E-state index < -0.39 is 18.0 Å². The molecule has 1 aromatic rings. The highest BCUT2D eigenvalue weighted by Crippen LogP contribution is 2.04. The molecule has 0 aliphatic rings. The van der Waals surface area contributed by atoms with Gasteiger partial charge in [0.25, 0.3) is 0 Å². The number of nitriles is 1. The van der Waals surface area contributed by atoms with Crippen LogP contribution >= 0.6 is 0 Å². The molecule has 1 rings (SSSR count). The Balaban J connectivity index is 2.71. The van der Waals surface area contributed by atoms with Gasteiger partial charge in [-0.2, -0.15) is 5.26 Å². The first kappa shape index (κ1) is 15.4. The molecule has 0 radical (unpaired) electrons. The summed E-state index contributed by atoms with van der Waals surface area (Å²) in [6.07, 6.45) is 3.41. The van der Waals surface area contributed by atoms with Crippen LogP contribution in [0.15, 0.2) is 24.5 Å². The molecule has 106 valence electrons. The van der Waals surface area contributed by atoms with E-state index in [2.05, 4.69) is 10.3 Å². The Bertz CT molecular complexity index is 498. The molecule has 0 bridgehead atoms. The van der Waals surface area contributed by atoms with E-state index in [4.69, 9.17) is 10.4 Å². The number of pyridine rings is 1. The smallest absolute Gasteiger partial charge is 0.325 e. The molecule has 0 saturated carbocycles. The Hall–Kier alpha value is -2.62. The Kier molecular flexibility index (Phi) is 5.97. The molecule has 0 unspecified atom stereocenters. The van der Waals surface area contributed by atoms with Crippen molar-refractivity contribution in [2.24, 2.45) is 0 Å². The van der Waals surface area contributed by atoms with Crippen LogP contribution < -0.4 is 5.32 Å². The second kappa shape index (κ2) is 7.74. The number of hydrogen-bond acceptors (Lipinski definition) is 4. The highest BCUT2D eigenvalue weighted by atomic mass is 16.4. The van der Waals surface area contributed by atoms with Crippen molar-refractivity contribution in [3.8, 4) is 6.07 Å². The summed E-state index contributed by atoms with van der Waals surface area (Å²) in [5, 5.41) is 19.8. The van der Waals surface area contributed by atoms with Gasteiger partial charge in [-0.15, -0.1) is 0 Å². The lowest BCUT2D eigenvalue weighted by atomic mass is 10.2. The number of amides is 2. The van der Waals surface area contributed by atoms with Crippen LogP contribution in [0.4, 0.5) is 4.79 Å². The maximum absolute atomic E-state index is 12.0. The third kappa shape index (κ3) is 4.94. The van der Waals surface area contributed by atoms with Gasteiger partial charge >= 0.3 is 12.0 Å². The van der Waals surface area contributed by atoms with Gasteiger partial charge in [0.1, 0.15) is 6.04 Å². The van der Waals surface area contributed by atoms with E-state index in [1.54, 1.807) is 24.5 Å². The van der Waals surface area contributed by atoms with E-state index >= 15 is 0 Å². The third-order valence-electron chi connectivity index (χ3n) is 2.59. The lowest BCUT2D eigenvalue weighted by Gasteiger charge is -2.23. The molecule has 0 aliphatic heterocycles. The van der Waals surface area contributed by atoms with Gasteiger partial charge in [0.05, 0.1) is 12.5 Å². The van der Waals surface area contributed by atoms with E-state index in [0.29, 0.717) is 0 Å². The number of carbonyl (C=O) groups is 2. The molecule has 0 saturated heterocycles. The molecule has 0 aromatic carbocycles. The van der Waals surface area contributed by atoms with Crippen molar-refractivity contribution in [3.05, 3.63) is 30.1 Å². The summed E-state index contributed by atoms with van der Waals surface area (Å²) in [5.41, 5.74) is 0.809. The standard InChI is InChI=1S/C13H16N4O3/c1-10(12(18)19)16-13(20)17(7-3-5-14)9-11-4-2-6-15-8-11/h2,4,6,8,10H,3,7,9H2,1H3,(H,16,20)(H,18,19)/t10-/m0/s1. The van der Waals surface area contributed by atoms with Crippen LogP contribution in [0.5, 0.6) is 0 Å². The number of aromatic nitrogens is 1. The second-order valence-electron chi connectivity index (χ2n) is 4.20.